The van der Waals surface area contributed by atoms with Gasteiger partial charge in [-0.1, -0.05) is 67.1 Å². The molecule has 7 heteroatoms. The van der Waals surface area contributed by atoms with E-state index in [0.717, 1.165) is 4.90 Å². The van der Waals surface area contributed by atoms with Gasteiger partial charge >= 0.3 is 5.97 Å². The van der Waals surface area contributed by atoms with Crippen LogP contribution in [0.2, 0.25) is 0 Å². The second kappa shape index (κ2) is 9.98. The first-order valence-electron chi connectivity index (χ1n) is 11.5. The predicted octanol–water partition coefficient (Wildman–Crippen LogP) is 4.04. The largest absolute Gasteiger partial charge is 0.480 e. The van der Waals surface area contributed by atoms with Crippen molar-refractivity contribution in [1.29, 1.82) is 0 Å². The summed E-state index contributed by atoms with van der Waals surface area (Å²) in [5, 5.41) is 8.83. The molecule has 2 aromatic rings. The number of rotatable bonds is 7. The summed E-state index contributed by atoms with van der Waals surface area (Å²) in [6, 6.07) is 5.59. The van der Waals surface area contributed by atoms with Crippen LogP contribution >= 0.6 is 23.5 Å². The summed E-state index contributed by atoms with van der Waals surface area (Å²) in [6.45, 7) is 1.85. The number of carbonyl (C=O) groups is 3. The van der Waals surface area contributed by atoms with Gasteiger partial charge in [-0.3, -0.25) is 9.59 Å². The number of carboxylic acids is 1. The summed E-state index contributed by atoms with van der Waals surface area (Å²) in [4.78, 5) is 39.8. The van der Waals surface area contributed by atoms with Crippen LogP contribution in [0, 0.1) is 5.92 Å². The molecule has 1 fully saturated rings. The molecule has 1 saturated heterocycles. The number of amides is 1. The smallest absolute Gasteiger partial charge is 0.326 e. The topological polar surface area (TPSA) is 74.7 Å². The van der Waals surface area contributed by atoms with E-state index in [2.05, 4.69) is 0 Å². The minimum absolute atomic E-state index is 0.0147. The van der Waals surface area contributed by atoms with Crippen LogP contribution in [-0.4, -0.2) is 50.6 Å². The van der Waals surface area contributed by atoms with E-state index < -0.39 is 64.7 Å². The fourth-order valence-electron chi connectivity index (χ4n) is 3.03. The number of thioether (sulfide) groups is 2. The van der Waals surface area contributed by atoms with Gasteiger partial charge in [0.15, 0.2) is 0 Å². The van der Waals surface area contributed by atoms with Gasteiger partial charge < -0.3 is 10.0 Å². The van der Waals surface area contributed by atoms with Crippen molar-refractivity contribution in [3.05, 3.63) is 66.1 Å². The first-order valence-corrected chi connectivity index (χ1v) is 10.9. The molecule has 1 amide bonds. The van der Waals surface area contributed by atoms with E-state index in [0.29, 0.717) is 18.2 Å². The molecule has 0 aliphatic carbocycles. The van der Waals surface area contributed by atoms with Crippen molar-refractivity contribution >= 4 is 40.5 Å². The van der Waals surface area contributed by atoms with E-state index >= 15 is 0 Å². The Morgan fingerprint density at radius 1 is 1.21 bits per heavy atom. The number of carboxylic acid groups (broad SMARTS) is 1. The van der Waals surface area contributed by atoms with Crippen LogP contribution < -0.4 is 0 Å². The average molecular weight is 435 g/mol. The van der Waals surface area contributed by atoms with Crippen LogP contribution in [0.4, 0.5) is 0 Å². The lowest BCUT2D eigenvalue weighted by atomic mass is 10.1. The minimum Gasteiger partial charge on any atom is -0.480 e. The molecule has 0 saturated carbocycles. The van der Waals surface area contributed by atoms with Crippen LogP contribution in [0.5, 0.6) is 0 Å². The van der Waals surface area contributed by atoms with E-state index in [1.807, 2.05) is 30.3 Å². The Labute approximate surface area is 185 Å². The first kappa shape index (κ1) is 15.6. The van der Waals surface area contributed by atoms with Gasteiger partial charge in [0.05, 0.1) is 6.85 Å². The maximum absolute atomic E-state index is 13.1. The molecular weight excluding hydrogens is 406 g/mol. The van der Waals surface area contributed by atoms with Crippen LogP contribution in [0.3, 0.4) is 0 Å². The van der Waals surface area contributed by atoms with Crippen molar-refractivity contribution < 1.29 is 26.3 Å². The molecule has 2 aromatic carbocycles. The molecule has 1 aliphatic heterocycles. The molecular formula is C22H23NO4S2. The molecule has 3 atom stereocenters. The number of hydrogen-bond acceptors (Lipinski definition) is 5. The molecule has 0 unspecified atom stereocenters. The van der Waals surface area contributed by atoms with Crippen molar-refractivity contribution in [3.63, 3.8) is 0 Å². The number of hydrogen-bond donors (Lipinski definition) is 1. The van der Waals surface area contributed by atoms with Crippen LogP contribution in [0.25, 0.3) is 0 Å². The van der Waals surface area contributed by atoms with E-state index in [1.165, 1.54) is 16.7 Å². The summed E-state index contributed by atoms with van der Waals surface area (Å²) in [5.74, 6) is -2.20. The molecule has 1 heterocycles. The molecule has 1 aliphatic rings. The number of aliphatic carboxylic acids is 1. The zero-order chi connectivity index (χ0) is 25.2. The quantitative estimate of drug-likeness (QED) is 0.709. The third-order valence-corrected chi connectivity index (χ3v) is 6.82. The standard InChI is InChI=1S/C22H23NO4S2/c1-15(14-28-22(27)16-8-4-2-5-9-16)20(24)23-13-18(12-19(23)21(25)26)29-17-10-6-3-7-11-17/h2-11,15,18-19H,12-14H2,1H3,(H,25,26)/t15-,18+,19+/m1/s1/i2D,4D,5D,8D,9D. The van der Waals surface area contributed by atoms with Gasteiger partial charge in [0.25, 0.3) is 0 Å². The van der Waals surface area contributed by atoms with Crippen molar-refractivity contribution in [2.45, 2.75) is 29.5 Å². The molecule has 0 aromatic heterocycles. The van der Waals surface area contributed by atoms with Crippen LogP contribution in [-0.2, 0) is 9.59 Å². The molecule has 152 valence electrons. The lowest BCUT2D eigenvalue weighted by Crippen LogP contribution is -2.43. The van der Waals surface area contributed by atoms with Gasteiger partial charge in [0, 0.05) is 33.9 Å². The minimum atomic E-state index is -1.08. The molecule has 1 N–H and O–H groups in total. The molecule has 0 radical (unpaired) electrons. The Morgan fingerprint density at radius 2 is 1.90 bits per heavy atom. The lowest BCUT2D eigenvalue weighted by Gasteiger charge is -2.24. The van der Waals surface area contributed by atoms with Gasteiger partial charge in [-0.05, 0) is 18.6 Å². The SMILES string of the molecule is [2H]c1c([2H])c([2H])c(C(=O)SC[C@@H](C)C(=O)N2C[C@@H](Sc3ccccc3)C[C@H]2C(=O)O)c([2H])c1[2H]. The van der Waals surface area contributed by atoms with Crippen LogP contribution in [0.1, 0.15) is 30.6 Å². The maximum atomic E-state index is 13.1. The Morgan fingerprint density at radius 3 is 2.55 bits per heavy atom. The Kier molecular flexibility index (Phi) is 5.36. The molecule has 3 rings (SSSR count). The Hall–Kier alpha value is -2.25. The van der Waals surface area contributed by atoms with Gasteiger partial charge in [-0.2, -0.15) is 0 Å². The van der Waals surface area contributed by atoms with Gasteiger partial charge in [0.2, 0.25) is 11.0 Å². The highest BCUT2D eigenvalue weighted by Gasteiger charge is 2.41. The second-order valence-electron chi connectivity index (χ2n) is 6.63. The molecule has 29 heavy (non-hydrogen) atoms. The number of nitrogens with zero attached hydrogens (tertiary/aromatic N) is 1. The summed E-state index contributed by atoms with van der Waals surface area (Å²) >= 11 is 2.20. The third kappa shape index (κ3) is 5.64. The molecule has 0 bridgehead atoms. The maximum Gasteiger partial charge on any atom is 0.326 e. The fraction of sp³-hybridized carbons (Fsp3) is 0.318. The lowest BCUT2D eigenvalue weighted by molar-refractivity contribution is -0.149. The molecule has 0 spiro atoms. The fourth-order valence-corrected chi connectivity index (χ4v) is 5.03. The Bertz CT molecular complexity index is 1090. The van der Waals surface area contributed by atoms with Gasteiger partial charge in [-0.25, -0.2) is 4.79 Å². The number of benzene rings is 2. The zero-order valence-corrected chi connectivity index (χ0v) is 17.3. The first-order chi connectivity index (χ1) is 16.0. The summed E-state index contributed by atoms with van der Waals surface area (Å²) in [7, 11) is 0. The van der Waals surface area contributed by atoms with Crippen molar-refractivity contribution in [3.8, 4) is 0 Å². The van der Waals surface area contributed by atoms with Crippen molar-refractivity contribution in [1.82, 2.24) is 4.90 Å². The highest BCUT2D eigenvalue weighted by Crippen LogP contribution is 2.34. The highest BCUT2D eigenvalue weighted by molar-refractivity contribution is 8.14. The number of carbonyl (C=O) groups excluding carboxylic acids is 2. The average Bonchev–Trinajstić information content (AvgIpc) is 3.24. The van der Waals surface area contributed by atoms with Crippen molar-refractivity contribution in [2.75, 3.05) is 12.3 Å². The summed E-state index contributed by atoms with van der Waals surface area (Å²) < 4.78 is 38.8. The monoisotopic (exact) mass is 434 g/mol. The highest BCUT2D eigenvalue weighted by atomic mass is 32.2. The van der Waals surface area contributed by atoms with E-state index in [9.17, 15) is 19.5 Å². The van der Waals surface area contributed by atoms with Gasteiger partial charge in [0.1, 0.15) is 6.04 Å². The summed E-state index contributed by atoms with van der Waals surface area (Å²) in [6.07, 6.45) is 0.307. The third-order valence-electron chi connectivity index (χ3n) is 4.47. The van der Waals surface area contributed by atoms with Gasteiger partial charge in [-0.15, -0.1) is 11.8 Å². The van der Waals surface area contributed by atoms with E-state index in [-0.39, 0.29) is 17.5 Å². The second-order valence-corrected chi connectivity index (χ2v) is 9.00. The van der Waals surface area contributed by atoms with Crippen molar-refractivity contribution in [2.24, 2.45) is 5.92 Å². The Balaban J connectivity index is 1.68. The molecule has 5 nitrogen and oxygen atoms in total. The van der Waals surface area contributed by atoms with Crippen LogP contribution in [0.15, 0.2) is 65.4 Å². The zero-order valence-electron chi connectivity index (χ0n) is 20.7. The normalized spacial score (nSPS) is 22.1. The summed E-state index contributed by atoms with van der Waals surface area (Å²) in [5.41, 5.74) is -0.431. The van der Waals surface area contributed by atoms with E-state index in [1.54, 1.807) is 6.92 Å². The van der Waals surface area contributed by atoms with E-state index in [4.69, 9.17) is 6.85 Å². The number of likely N-dealkylation sites (tertiary alicyclic amines) is 1. The predicted molar refractivity (Wildman–Crippen MR) is 116 cm³/mol.